The molecule has 0 aliphatic carbocycles. The molecule has 1 aromatic heterocycles. The third kappa shape index (κ3) is 3.80. The lowest BCUT2D eigenvalue weighted by molar-refractivity contribution is 0.501. The number of fused-ring (bicyclic) bond motifs is 1. The van der Waals surface area contributed by atoms with Gasteiger partial charge in [-0.15, -0.1) is 0 Å². The molecule has 4 nitrogen and oxygen atoms in total. The van der Waals surface area contributed by atoms with Gasteiger partial charge < -0.3 is 15.6 Å². The molecule has 2 heterocycles. The molecule has 5 rings (SSSR count). The summed E-state index contributed by atoms with van der Waals surface area (Å²) in [6.45, 7) is 10.5. The summed E-state index contributed by atoms with van der Waals surface area (Å²) in [6, 6.07) is 18.1. The number of piperidine rings is 1. The fraction of sp³-hybridized carbons (Fsp3) is 0.321. The normalized spacial score (nSPS) is 15.0. The van der Waals surface area contributed by atoms with Crippen molar-refractivity contribution in [2.24, 2.45) is 5.73 Å². The van der Waals surface area contributed by atoms with Crippen molar-refractivity contribution >= 4 is 16.7 Å². The molecule has 0 radical (unpaired) electrons. The Bertz CT molecular complexity index is 1270. The van der Waals surface area contributed by atoms with Crippen LogP contribution in [0.15, 0.2) is 48.5 Å². The van der Waals surface area contributed by atoms with E-state index in [1.807, 2.05) is 0 Å². The first-order valence-electron chi connectivity index (χ1n) is 11.6. The number of rotatable bonds is 3. The van der Waals surface area contributed by atoms with Crippen LogP contribution >= 0.6 is 0 Å². The molecule has 1 fully saturated rings. The minimum atomic E-state index is 0.292. The number of nitrogens with zero attached hydrogens (tertiary/aromatic N) is 2. The van der Waals surface area contributed by atoms with Gasteiger partial charge in [0.2, 0.25) is 0 Å². The minimum Gasteiger partial charge on any atom is -0.370 e. The van der Waals surface area contributed by atoms with Crippen molar-refractivity contribution in [2.75, 3.05) is 18.0 Å². The van der Waals surface area contributed by atoms with Crippen molar-refractivity contribution in [1.29, 1.82) is 0 Å². The van der Waals surface area contributed by atoms with E-state index in [9.17, 15) is 0 Å². The molecule has 164 valence electrons. The molecular weight excluding hydrogens is 392 g/mol. The van der Waals surface area contributed by atoms with Crippen molar-refractivity contribution < 1.29 is 0 Å². The van der Waals surface area contributed by atoms with E-state index in [0.29, 0.717) is 6.04 Å². The van der Waals surface area contributed by atoms with Gasteiger partial charge in [-0.2, -0.15) is 0 Å². The summed E-state index contributed by atoms with van der Waals surface area (Å²) in [5.41, 5.74) is 18.4. The van der Waals surface area contributed by atoms with Gasteiger partial charge >= 0.3 is 0 Å². The highest BCUT2D eigenvalue weighted by Gasteiger charge is 2.24. The van der Waals surface area contributed by atoms with E-state index in [2.05, 4.69) is 86.1 Å². The lowest BCUT2D eigenvalue weighted by Gasteiger charge is -2.34. The van der Waals surface area contributed by atoms with Gasteiger partial charge in [-0.25, -0.2) is 4.98 Å². The predicted octanol–water partition coefficient (Wildman–Crippen LogP) is 6.06. The van der Waals surface area contributed by atoms with E-state index in [1.54, 1.807) is 0 Å². The standard InChI is InChI=1S/C28H32N4/c1-17-12-18(2)15-21(14-17)23-6-5-7-24(27(23)32-10-8-22(29)9-11-32)28-30-25-16-19(3)13-20(4)26(25)31-28/h5-7,12-16,22H,8-11,29H2,1-4H3,(H,30,31). The van der Waals surface area contributed by atoms with Crippen LogP contribution in [-0.2, 0) is 0 Å². The molecule has 0 saturated carbocycles. The number of aromatic nitrogens is 2. The summed E-state index contributed by atoms with van der Waals surface area (Å²) in [5.74, 6) is 0.935. The number of anilines is 1. The zero-order valence-corrected chi connectivity index (χ0v) is 19.5. The molecule has 1 aliphatic heterocycles. The maximum absolute atomic E-state index is 6.25. The third-order valence-electron chi connectivity index (χ3n) is 6.60. The molecule has 3 N–H and O–H groups in total. The second kappa shape index (κ2) is 8.10. The van der Waals surface area contributed by atoms with Gasteiger partial charge in [0.05, 0.1) is 16.7 Å². The number of hydrogen-bond donors (Lipinski definition) is 2. The number of nitrogens with one attached hydrogen (secondary N) is 1. The predicted molar refractivity (Wildman–Crippen MR) is 135 cm³/mol. The quantitative estimate of drug-likeness (QED) is 0.420. The minimum absolute atomic E-state index is 0.292. The smallest absolute Gasteiger partial charge is 0.140 e. The summed E-state index contributed by atoms with van der Waals surface area (Å²) in [6.07, 6.45) is 2.03. The number of para-hydroxylation sites is 1. The van der Waals surface area contributed by atoms with Crippen LogP contribution in [0.3, 0.4) is 0 Å². The number of nitrogens with two attached hydrogens (primary N) is 1. The fourth-order valence-electron chi connectivity index (χ4n) is 5.16. The second-order valence-corrected chi connectivity index (χ2v) is 9.47. The Kier molecular flexibility index (Phi) is 5.26. The first kappa shape index (κ1) is 20.8. The Morgan fingerprint density at radius 3 is 2.25 bits per heavy atom. The fourth-order valence-corrected chi connectivity index (χ4v) is 5.16. The number of hydrogen-bond acceptors (Lipinski definition) is 3. The topological polar surface area (TPSA) is 57.9 Å². The second-order valence-electron chi connectivity index (χ2n) is 9.47. The summed E-state index contributed by atoms with van der Waals surface area (Å²) >= 11 is 0. The summed E-state index contributed by atoms with van der Waals surface area (Å²) in [7, 11) is 0. The SMILES string of the molecule is Cc1cc(C)cc(-c2cccc(-c3nc4c(C)cc(C)cc4[nH]3)c2N2CCC(N)CC2)c1. The molecule has 4 heteroatoms. The van der Waals surface area contributed by atoms with Crippen LogP contribution in [0.25, 0.3) is 33.5 Å². The maximum Gasteiger partial charge on any atom is 0.140 e. The third-order valence-corrected chi connectivity index (χ3v) is 6.60. The molecule has 3 aromatic carbocycles. The summed E-state index contributed by atoms with van der Waals surface area (Å²) in [5, 5.41) is 0. The number of aryl methyl sites for hydroxylation is 4. The van der Waals surface area contributed by atoms with Crippen LogP contribution in [-0.4, -0.2) is 29.1 Å². The molecule has 1 saturated heterocycles. The first-order valence-corrected chi connectivity index (χ1v) is 11.6. The first-order chi connectivity index (χ1) is 15.4. The van der Waals surface area contributed by atoms with E-state index in [1.165, 1.54) is 39.1 Å². The number of aromatic amines is 1. The van der Waals surface area contributed by atoms with Gasteiger partial charge in [-0.3, -0.25) is 0 Å². The average Bonchev–Trinajstić information content (AvgIpc) is 3.17. The molecule has 0 spiro atoms. The van der Waals surface area contributed by atoms with Crippen LogP contribution < -0.4 is 10.6 Å². The lowest BCUT2D eigenvalue weighted by Crippen LogP contribution is -2.40. The molecule has 0 unspecified atom stereocenters. The number of imidazole rings is 1. The highest BCUT2D eigenvalue weighted by molar-refractivity contribution is 5.92. The Hall–Kier alpha value is -3.11. The van der Waals surface area contributed by atoms with Crippen LogP contribution in [0, 0.1) is 27.7 Å². The van der Waals surface area contributed by atoms with E-state index >= 15 is 0 Å². The Morgan fingerprint density at radius 2 is 1.53 bits per heavy atom. The zero-order valence-electron chi connectivity index (χ0n) is 19.5. The van der Waals surface area contributed by atoms with E-state index in [-0.39, 0.29) is 0 Å². The molecule has 0 atom stereocenters. The number of benzene rings is 3. The van der Waals surface area contributed by atoms with E-state index < -0.39 is 0 Å². The van der Waals surface area contributed by atoms with Gasteiger partial charge in [0, 0.05) is 30.3 Å². The maximum atomic E-state index is 6.25. The van der Waals surface area contributed by atoms with E-state index in [4.69, 9.17) is 10.7 Å². The molecule has 1 aliphatic rings. The van der Waals surface area contributed by atoms with E-state index in [0.717, 1.165) is 48.4 Å². The van der Waals surface area contributed by atoms with Crippen LogP contribution in [0.4, 0.5) is 5.69 Å². The lowest BCUT2D eigenvalue weighted by atomic mass is 9.94. The van der Waals surface area contributed by atoms with Crippen molar-refractivity contribution in [3.05, 3.63) is 70.8 Å². The Morgan fingerprint density at radius 1 is 0.875 bits per heavy atom. The molecule has 32 heavy (non-hydrogen) atoms. The molecule has 0 bridgehead atoms. The van der Waals surface area contributed by atoms with Gasteiger partial charge in [0.15, 0.2) is 0 Å². The Labute approximate surface area is 190 Å². The van der Waals surface area contributed by atoms with Gasteiger partial charge in [-0.1, -0.05) is 47.5 Å². The van der Waals surface area contributed by atoms with Crippen molar-refractivity contribution in [3.63, 3.8) is 0 Å². The summed E-state index contributed by atoms with van der Waals surface area (Å²) in [4.78, 5) is 11.2. The van der Waals surface area contributed by atoms with Crippen molar-refractivity contribution in [2.45, 2.75) is 46.6 Å². The van der Waals surface area contributed by atoms with Crippen molar-refractivity contribution in [1.82, 2.24) is 9.97 Å². The Balaban J connectivity index is 1.73. The largest absolute Gasteiger partial charge is 0.370 e. The van der Waals surface area contributed by atoms with Crippen LogP contribution in [0.5, 0.6) is 0 Å². The average molecular weight is 425 g/mol. The molecule has 4 aromatic rings. The van der Waals surface area contributed by atoms with Crippen LogP contribution in [0.2, 0.25) is 0 Å². The highest BCUT2D eigenvalue weighted by Crippen LogP contribution is 2.41. The van der Waals surface area contributed by atoms with Gasteiger partial charge in [0.25, 0.3) is 0 Å². The summed E-state index contributed by atoms with van der Waals surface area (Å²) < 4.78 is 0. The molecular formula is C28H32N4. The van der Waals surface area contributed by atoms with Crippen molar-refractivity contribution in [3.8, 4) is 22.5 Å². The van der Waals surface area contributed by atoms with Crippen LogP contribution in [0.1, 0.15) is 35.1 Å². The number of H-pyrrole nitrogens is 1. The van der Waals surface area contributed by atoms with Gasteiger partial charge in [-0.05, 0) is 69.4 Å². The molecule has 0 amide bonds. The monoisotopic (exact) mass is 424 g/mol. The highest BCUT2D eigenvalue weighted by atomic mass is 15.1. The zero-order chi connectivity index (χ0) is 22.4. The van der Waals surface area contributed by atoms with Gasteiger partial charge in [0.1, 0.15) is 5.82 Å².